The molecule has 0 spiro atoms. The maximum absolute atomic E-state index is 13.8. The third-order valence-corrected chi connectivity index (χ3v) is 6.54. The minimum Gasteiger partial charge on any atom is -0.481 e. The first-order valence-electron chi connectivity index (χ1n) is 12.4. The number of aromatic nitrogens is 1. The third kappa shape index (κ3) is 6.07. The van der Waals surface area contributed by atoms with Crippen LogP contribution in [-0.2, 0) is 20.7 Å². The van der Waals surface area contributed by atoms with Gasteiger partial charge < -0.3 is 26.2 Å². The second-order valence-corrected chi connectivity index (χ2v) is 9.25. The van der Waals surface area contributed by atoms with Gasteiger partial charge in [0, 0.05) is 29.4 Å². The van der Waals surface area contributed by atoms with Gasteiger partial charge in [0.25, 0.3) is 0 Å². The summed E-state index contributed by atoms with van der Waals surface area (Å²) in [6, 6.07) is 19.7. The fraction of sp³-hybridized carbons (Fsp3) is 0.172. The lowest BCUT2D eigenvalue weighted by Crippen LogP contribution is -2.37. The number of nitrogens with one attached hydrogen (secondary N) is 3. The minimum absolute atomic E-state index is 0.170. The molecule has 6 N–H and O–H groups in total. The number of carbonyl (C=O) groups is 3. The Morgan fingerprint density at radius 2 is 1.87 bits per heavy atom. The molecule has 0 saturated carbocycles. The predicted octanol–water partition coefficient (Wildman–Crippen LogP) is 4.41. The fourth-order valence-corrected chi connectivity index (χ4v) is 4.57. The van der Waals surface area contributed by atoms with E-state index in [4.69, 9.17) is 10.5 Å². The summed E-state index contributed by atoms with van der Waals surface area (Å²) in [7, 11) is 0. The van der Waals surface area contributed by atoms with Crippen molar-refractivity contribution in [2.75, 3.05) is 23.0 Å². The molecule has 10 heteroatoms. The maximum atomic E-state index is 13.8. The van der Waals surface area contributed by atoms with Crippen LogP contribution in [0, 0.1) is 0 Å². The van der Waals surface area contributed by atoms with Crippen molar-refractivity contribution < 1.29 is 24.2 Å². The Labute approximate surface area is 224 Å². The number of aliphatic carboxylic acids is 1. The van der Waals surface area contributed by atoms with E-state index in [0.29, 0.717) is 34.7 Å². The van der Waals surface area contributed by atoms with Crippen molar-refractivity contribution in [3.63, 3.8) is 0 Å². The molecule has 2 aliphatic rings. The molecule has 198 valence electrons. The van der Waals surface area contributed by atoms with Gasteiger partial charge in [-0.3, -0.25) is 14.9 Å². The predicted molar refractivity (Wildman–Crippen MR) is 147 cm³/mol. The summed E-state index contributed by atoms with van der Waals surface area (Å²) in [5, 5.41) is 20.1. The van der Waals surface area contributed by atoms with E-state index in [1.54, 1.807) is 30.5 Å². The summed E-state index contributed by atoms with van der Waals surface area (Å²) in [5.74, 6) is -1.08. The quantitative estimate of drug-likeness (QED) is 0.262. The molecule has 6 rings (SSSR count). The van der Waals surface area contributed by atoms with Crippen LogP contribution in [0.3, 0.4) is 0 Å². The average Bonchev–Trinajstić information content (AvgIpc) is 2.91. The number of pyridine rings is 1. The average molecular weight is 526 g/mol. The number of hydrogen-bond acceptors (Lipinski definition) is 7. The highest BCUT2D eigenvalue weighted by molar-refractivity contribution is 5.94. The number of ether oxygens (including phenoxy) is 1. The number of amides is 2. The molecule has 0 saturated heterocycles. The number of carbonyl (C=O) groups excluding carboxylic acids is 2. The summed E-state index contributed by atoms with van der Waals surface area (Å²) in [6.45, 7) is 0.170. The maximum Gasteiger partial charge on any atom is 0.411 e. The Hall–Kier alpha value is -5.12. The first kappa shape index (κ1) is 25.5. The zero-order valence-corrected chi connectivity index (χ0v) is 20.9. The highest BCUT2D eigenvalue weighted by Gasteiger charge is 2.26. The number of fused-ring (bicyclic) bond motifs is 10. The van der Waals surface area contributed by atoms with Crippen molar-refractivity contribution in [1.82, 2.24) is 10.3 Å². The molecule has 1 aromatic heterocycles. The first-order valence-corrected chi connectivity index (χ1v) is 12.4. The largest absolute Gasteiger partial charge is 0.481 e. The summed E-state index contributed by atoms with van der Waals surface area (Å²) in [5.41, 5.74) is 9.23. The Balaban J connectivity index is 1.53. The Morgan fingerprint density at radius 1 is 1.05 bits per heavy atom. The molecular weight excluding hydrogens is 498 g/mol. The van der Waals surface area contributed by atoms with E-state index in [2.05, 4.69) is 20.9 Å². The number of anilines is 3. The summed E-state index contributed by atoms with van der Waals surface area (Å²) < 4.78 is 5.31. The van der Waals surface area contributed by atoms with Crippen molar-refractivity contribution in [2.45, 2.75) is 24.9 Å². The number of carboxylic acid groups (broad SMARTS) is 1. The van der Waals surface area contributed by atoms with Gasteiger partial charge >= 0.3 is 12.1 Å². The van der Waals surface area contributed by atoms with E-state index in [-0.39, 0.29) is 13.0 Å². The summed E-state index contributed by atoms with van der Waals surface area (Å²) in [6.07, 6.45) is 1.15. The Kier molecular flexibility index (Phi) is 7.26. The second-order valence-electron chi connectivity index (χ2n) is 9.25. The lowest BCUT2D eigenvalue weighted by molar-refractivity contribution is -0.137. The Morgan fingerprint density at radius 3 is 2.67 bits per heavy atom. The van der Waals surface area contributed by atoms with Gasteiger partial charge in [-0.15, -0.1) is 0 Å². The zero-order valence-electron chi connectivity index (χ0n) is 20.9. The molecule has 3 aromatic carbocycles. The van der Waals surface area contributed by atoms with E-state index in [0.717, 1.165) is 16.3 Å². The van der Waals surface area contributed by atoms with Gasteiger partial charge in [0.1, 0.15) is 11.9 Å². The van der Waals surface area contributed by atoms with Crippen molar-refractivity contribution in [2.24, 2.45) is 0 Å². The molecule has 0 aliphatic carbocycles. The lowest BCUT2D eigenvalue weighted by atomic mass is 9.99. The SMILES string of the molecule is Nc1nccc2cc(NC3C(=O)N[C@@H](CC(=O)O)c4cccc(c4)NC(=O)OCCc4ccc3cc4)ccc12. The number of rotatable bonds is 4. The minimum atomic E-state index is -1.08. The number of nitrogens with two attached hydrogens (primary N) is 1. The molecule has 2 aliphatic heterocycles. The smallest absolute Gasteiger partial charge is 0.411 e. The van der Waals surface area contributed by atoms with E-state index in [1.807, 2.05) is 48.5 Å². The van der Waals surface area contributed by atoms with Gasteiger partial charge in [-0.25, -0.2) is 9.78 Å². The lowest BCUT2D eigenvalue weighted by Gasteiger charge is -2.25. The summed E-state index contributed by atoms with van der Waals surface area (Å²) >= 11 is 0. The molecule has 0 fully saturated rings. The molecule has 3 heterocycles. The van der Waals surface area contributed by atoms with Gasteiger partial charge in [-0.05, 0) is 58.5 Å². The van der Waals surface area contributed by atoms with Gasteiger partial charge in [-0.2, -0.15) is 0 Å². The first-order chi connectivity index (χ1) is 18.9. The number of nitrogen functional groups attached to an aromatic ring is 1. The van der Waals surface area contributed by atoms with Crippen LogP contribution in [0.1, 0.15) is 35.2 Å². The molecule has 2 atom stereocenters. The van der Waals surface area contributed by atoms with Crippen molar-refractivity contribution >= 4 is 45.9 Å². The highest BCUT2D eigenvalue weighted by Crippen LogP contribution is 2.28. The normalized spacial score (nSPS) is 17.6. The highest BCUT2D eigenvalue weighted by atomic mass is 16.5. The van der Waals surface area contributed by atoms with Gasteiger partial charge in [0.05, 0.1) is 19.1 Å². The molecule has 4 bridgehead atoms. The van der Waals surface area contributed by atoms with Crippen LogP contribution in [0.2, 0.25) is 0 Å². The number of hydrogen-bond donors (Lipinski definition) is 5. The molecule has 4 aromatic rings. The van der Waals surface area contributed by atoms with Crippen LogP contribution in [0.25, 0.3) is 10.8 Å². The van der Waals surface area contributed by atoms with Gasteiger partial charge in [-0.1, -0.05) is 36.4 Å². The fourth-order valence-electron chi connectivity index (χ4n) is 4.57. The third-order valence-electron chi connectivity index (χ3n) is 6.54. The van der Waals surface area contributed by atoms with Crippen LogP contribution in [0.4, 0.5) is 22.0 Å². The molecule has 39 heavy (non-hydrogen) atoms. The van der Waals surface area contributed by atoms with E-state index >= 15 is 0 Å². The summed E-state index contributed by atoms with van der Waals surface area (Å²) in [4.78, 5) is 41.9. The molecule has 10 nitrogen and oxygen atoms in total. The molecular formula is C29H27N5O5. The van der Waals surface area contributed by atoms with Crippen LogP contribution in [0.5, 0.6) is 0 Å². The number of nitrogens with zero attached hydrogens (tertiary/aromatic N) is 1. The van der Waals surface area contributed by atoms with Crippen LogP contribution < -0.4 is 21.7 Å². The monoisotopic (exact) mass is 525 g/mol. The van der Waals surface area contributed by atoms with Gasteiger partial charge in [0.2, 0.25) is 5.91 Å². The van der Waals surface area contributed by atoms with Crippen molar-refractivity contribution in [1.29, 1.82) is 0 Å². The van der Waals surface area contributed by atoms with Crippen LogP contribution in [-0.4, -0.2) is 34.7 Å². The van der Waals surface area contributed by atoms with E-state index in [1.165, 1.54) is 0 Å². The topological polar surface area (TPSA) is 156 Å². The number of benzene rings is 3. The standard InChI is InChI=1S/C29H27N5O5/c30-27-23-9-8-22(14-19(23)10-12-31-27)32-26-18-6-4-17(5-7-18)11-13-39-29(38)33-21-3-1-2-20(15-21)24(16-25(35)36)34-28(26)37/h1-10,12,14-15,24,26,32H,11,13,16H2,(H2,30,31)(H,33,38)(H,34,37)(H,35,36)/t24-,26?/m0/s1. The van der Waals surface area contributed by atoms with Crippen LogP contribution >= 0.6 is 0 Å². The molecule has 1 unspecified atom stereocenters. The van der Waals surface area contributed by atoms with Crippen molar-refractivity contribution in [3.05, 3.63) is 95.7 Å². The molecule has 2 amide bonds. The van der Waals surface area contributed by atoms with E-state index < -0.39 is 30.1 Å². The zero-order chi connectivity index (χ0) is 27.4. The van der Waals surface area contributed by atoms with E-state index in [9.17, 15) is 19.5 Å². The number of carboxylic acids is 1. The second kappa shape index (κ2) is 11.1. The van der Waals surface area contributed by atoms with Crippen molar-refractivity contribution in [3.8, 4) is 0 Å². The Bertz CT molecular complexity index is 1540. The van der Waals surface area contributed by atoms with Gasteiger partial charge in [0.15, 0.2) is 0 Å². The van der Waals surface area contributed by atoms with Crippen LogP contribution in [0.15, 0.2) is 79.0 Å². The molecule has 0 radical (unpaired) electrons.